The van der Waals surface area contributed by atoms with Crippen molar-refractivity contribution in [1.29, 1.82) is 0 Å². The van der Waals surface area contributed by atoms with E-state index in [1.54, 1.807) is 11.0 Å². The number of carbonyl (C=O) groups excluding carboxylic acids is 2. The number of furan rings is 1. The molecular formula is C21H26N2O3. The van der Waals surface area contributed by atoms with E-state index in [4.69, 9.17) is 4.42 Å². The van der Waals surface area contributed by atoms with Crippen LogP contribution in [0, 0.1) is 5.92 Å². The third kappa shape index (κ3) is 4.54. The van der Waals surface area contributed by atoms with Crippen molar-refractivity contribution in [3.63, 3.8) is 0 Å². The lowest BCUT2D eigenvalue weighted by molar-refractivity contribution is -0.131. The van der Waals surface area contributed by atoms with E-state index in [1.807, 2.05) is 17.0 Å². The lowest BCUT2D eigenvalue weighted by Gasteiger charge is -2.34. The van der Waals surface area contributed by atoms with E-state index in [0.717, 1.165) is 12.0 Å². The van der Waals surface area contributed by atoms with Gasteiger partial charge in [0.15, 0.2) is 0 Å². The lowest BCUT2D eigenvalue weighted by atomic mass is 10.0. The monoisotopic (exact) mass is 354 g/mol. The van der Waals surface area contributed by atoms with Crippen molar-refractivity contribution in [2.24, 2.45) is 5.92 Å². The van der Waals surface area contributed by atoms with E-state index in [1.165, 1.54) is 18.1 Å². The summed E-state index contributed by atoms with van der Waals surface area (Å²) >= 11 is 0. The van der Waals surface area contributed by atoms with Crippen LogP contribution >= 0.6 is 0 Å². The molecule has 5 nitrogen and oxygen atoms in total. The van der Waals surface area contributed by atoms with Crippen LogP contribution in [0.3, 0.4) is 0 Å². The molecule has 3 rings (SSSR count). The van der Waals surface area contributed by atoms with Crippen molar-refractivity contribution in [1.82, 2.24) is 9.80 Å². The quantitative estimate of drug-likeness (QED) is 0.829. The first kappa shape index (κ1) is 18.2. The number of hydrogen-bond acceptors (Lipinski definition) is 3. The van der Waals surface area contributed by atoms with E-state index < -0.39 is 0 Å². The van der Waals surface area contributed by atoms with E-state index in [-0.39, 0.29) is 11.8 Å². The SMILES string of the molecule is CC(C)Cc1ccc(CC(=O)N2CCN(C(=O)c3ccoc3)CC2)cc1. The third-order valence-electron chi connectivity index (χ3n) is 4.71. The number of amides is 2. The molecule has 1 aliphatic rings. The summed E-state index contributed by atoms with van der Waals surface area (Å²) in [7, 11) is 0. The molecule has 5 heteroatoms. The molecule has 0 N–H and O–H groups in total. The Balaban J connectivity index is 1.50. The molecule has 1 aliphatic heterocycles. The molecule has 0 saturated carbocycles. The summed E-state index contributed by atoms with van der Waals surface area (Å²) in [6.45, 7) is 6.68. The Kier molecular flexibility index (Phi) is 5.76. The van der Waals surface area contributed by atoms with E-state index >= 15 is 0 Å². The van der Waals surface area contributed by atoms with Crippen LogP contribution in [-0.2, 0) is 17.6 Å². The van der Waals surface area contributed by atoms with Crippen LogP contribution < -0.4 is 0 Å². The van der Waals surface area contributed by atoms with Crippen molar-refractivity contribution < 1.29 is 14.0 Å². The molecule has 0 radical (unpaired) electrons. The summed E-state index contributed by atoms with van der Waals surface area (Å²) in [6.07, 6.45) is 4.43. The zero-order valence-corrected chi connectivity index (χ0v) is 15.5. The number of carbonyl (C=O) groups is 2. The lowest BCUT2D eigenvalue weighted by Crippen LogP contribution is -2.50. The maximum absolute atomic E-state index is 12.5. The fraction of sp³-hybridized carbons (Fsp3) is 0.429. The van der Waals surface area contributed by atoms with Crippen LogP contribution in [0.5, 0.6) is 0 Å². The maximum Gasteiger partial charge on any atom is 0.257 e. The fourth-order valence-electron chi connectivity index (χ4n) is 3.28. The molecule has 2 aromatic rings. The van der Waals surface area contributed by atoms with Gasteiger partial charge in [-0.3, -0.25) is 9.59 Å². The van der Waals surface area contributed by atoms with Gasteiger partial charge in [0.1, 0.15) is 6.26 Å². The van der Waals surface area contributed by atoms with Crippen molar-refractivity contribution in [3.8, 4) is 0 Å². The highest BCUT2D eigenvalue weighted by atomic mass is 16.3. The standard InChI is InChI=1S/C21H26N2O3/c1-16(2)13-17-3-5-18(6-4-17)14-20(24)22-8-10-23(11-9-22)21(25)19-7-12-26-15-19/h3-7,12,15-16H,8-11,13-14H2,1-2H3. The predicted molar refractivity (Wildman–Crippen MR) is 99.9 cm³/mol. The fourth-order valence-corrected chi connectivity index (χ4v) is 3.28. The minimum atomic E-state index is -0.0356. The van der Waals surface area contributed by atoms with Crippen LogP contribution in [0.25, 0.3) is 0 Å². The molecule has 26 heavy (non-hydrogen) atoms. The number of benzene rings is 1. The molecule has 1 aromatic heterocycles. The normalized spacial score (nSPS) is 14.7. The highest BCUT2D eigenvalue weighted by molar-refractivity contribution is 5.94. The first-order chi connectivity index (χ1) is 12.5. The van der Waals surface area contributed by atoms with Crippen LogP contribution in [-0.4, -0.2) is 47.8 Å². The average Bonchev–Trinajstić information content (AvgIpc) is 3.17. The van der Waals surface area contributed by atoms with Gasteiger partial charge in [0.25, 0.3) is 5.91 Å². The van der Waals surface area contributed by atoms with E-state index in [9.17, 15) is 9.59 Å². The molecule has 0 spiro atoms. The van der Waals surface area contributed by atoms with Gasteiger partial charge in [-0.05, 0) is 29.5 Å². The summed E-state index contributed by atoms with van der Waals surface area (Å²) in [5.41, 5.74) is 2.91. The number of nitrogens with zero attached hydrogens (tertiary/aromatic N) is 2. The number of rotatable bonds is 5. The second-order valence-electron chi connectivity index (χ2n) is 7.28. The number of hydrogen-bond donors (Lipinski definition) is 0. The third-order valence-corrected chi connectivity index (χ3v) is 4.71. The summed E-state index contributed by atoms with van der Waals surface area (Å²) in [5.74, 6) is 0.715. The molecule has 0 bridgehead atoms. The molecule has 1 saturated heterocycles. The Labute approximate surface area is 154 Å². The molecule has 0 unspecified atom stereocenters. The minimum Gasteiger partial charge on any atom is -0.472 e. The summed E-state index contributed by atoms with van der Waals surface area (Å²) in [4.78, 5) is 28.5. The van der Waals surface area contributed by atoms with Crippen molar-refractivity contribution in [3.05, 3.63) is 59.5 Å². The van der Waals surface area contributed by atoms with Gasteiger partial charge in [-0.2, -0.15) is 0 Å². The van der Waals surface area contributed by atoms with Gasteiger partial charge in [-0.15, -0.1) is 0 Å². The average molecular weight is 354 g/mol. The van der Waals surface area contributed by atoms with Crippen molar-refractivity contribution in [2.75, 3.05) is 26.2 Å². The zero-order chi connectivity index (χ0) is 18.5. The van der Waals surface area contributed by atoms with Gasteiger partial charge in [0.05, 0.1) is 18.2 Å². The minimum absolute atomic E-state index is 0.0356. The first-order valence-electron chi connectivity index (χ1n) is 9.20. The van der Waals surface area contributed by atoms with Gasteiger partial charge in [0.2, 0.25) is 5.91 Å². The van der Waals surface area contributed by atoms with Crippen LogP contribution in [0.1, 0.15) is 35.3 Å². The van der Waals surface area contributed by atoms with Gasteiger partial charge in [-0.25, -0.2) is 0 Å². The van der Waals surface area contributed by atoms with Gasteiger partial charge >= 0.3 is 0 Å². The first-order valence-corrected chi connectivity index (χ1v) is 9.20. The van der Waals surface area contributed by atoms with E-state index in [2.05, 4.69) is 26.0 Å². The van der Waals surface area contributed by atoms with E-state index in [0.29, 0.717) is 44.1 Å². The Bertz CT molecular complexity index is 727. The second kappa shape index (κ2) is 8.21. The second-order valence-corrected chi connectivity index (χ2v) is 7.28. The van der Waals surface area contributed by atoms with Gasteiger partial charge in [0, 0.05) is 26.2 Å². The summed E-state index contributed by atoms with van der Waals surface area (Å²) in [6, 6.07) is 10.00. The topological polar surface area (TPSA) is 53.8 Å². The predicted octanol–water partition coefficient (Wildman–Crippen LogP) is 3.01. The molecule has 1 aromatic carbocycles. The molecule has 2 heterocycles. The molecule has 1 fully saturated rings. The van der Waals surface area contributed by atoms with Crippen molar-refractivity contribution in [2.45, 2.75) is 26.7 Å². The van der Waals surface area contributed by atoms with Gasteiger partial charge < -0.3 is 14.2 Å². The van der Waals surface area contributed by atoms with Crippen LogP contribution in [0.4, 0.5) is 0 Å². The molecule has 0 aliphatic carbocycles. The Hall–Kier alpha value is -2.56. The number of piperazine rings is 1. The highest BCUT2D eigenvalue weighted by Crippen LogP contribution is 2.13. The van der Waals surface area contributed by atoms with Gasteiger partial charge in [-0.1, -0.05) is 38.1 Å². The van der Waals surface area contributed by atoms with Crippen LogP contribution in [0.15, 0.2) is 47.3 Å². The van der Waals surface area contributed by atoms with Crippen LogP contribution in [0.2, 0.25) is 0 Å². The Morgan fingerprint density at radius 3 is 2.15 bits per heavy atom. The summed E-state index contributed by atoms with van der Waals surface area (Å²) in [5, 5.41) is 0. The molecular weight excluding hydrogens is 328 g/mol. The smallest absolute Gasteiger partial charge is 0.257 e. The Morgan fingerprint density at radius 2 is 1.58 bits per heavy atom. The highest BCUT2D eigenvalue weighted by Gasteiger charge is 2.25. The zero-order valence-electron chi connectivity index (χ0n) is 15.5. The molecule has 138 valence electrons. The summed E-state index contributed by atoms with van der Waals surface area (Å²) < 4.78 is 4.97. The maximum atomic E-state index is 12.5. The Morgan fingerprint density at radius 1 is 0.962 bits per heavy atom. The van der Waals surface area contributed by atoms with Crippen molar-refractivity contribution >= 4 is 11.8 Å². The largest absolute Gasteiger partial charge is 0.472 e. The molecule has 2 amide bonds. The molecule has 0 atom stereocenters.